The van der Waals surface area contributed by atoms with Crippen LogP contribution in [0.3, 0.4) is 0 Å². The van der Waals surface area contributed by atoms with Crippen molar-refractivity contribution in [2.24, 2.45) is 5.73 Å². The number of nitrogens with one attached hydrogen (secondary N) is 3. The Kier molecular flexibility index (Phi) is 21.5. The summed E-state index contributed by atoms with van der Waals surface area (Å²) in [6, 6.07) is 9.79. The van der Waals surface area contributed by atoms with Crippen molar-refractivity contribution in [3.05, 3.63) is 116 Å². The molecular formula is C52H47F3N14O23S4. The van der Waals surface area contributed by atoms with E-state index in [0.29, 0.717) is 11.1 Å². The average Bonchev–Trinajstić information content (AvgIpc) is 0.714. The maximum atomic E-state index is 14.0. The summed E-state index contributed by atoms with van der Waals surface area (Å²) in [7, 11) is 2.34. The van der Waals surface area contributed by atoms with Crippen LogP contribution in [0.25, 0.3) is 11.0 Å². The first kappa shape index (κ1) is 71.3. The van der Waals surface area contributed by atoms with Gasteiger partial charge in [-0.25, -0.2) is 23.7 Å². The lowest BCUT2D eigenvalue weighted by Crippen LogP contribution is -2.81. The van der Waals surface area contributed by atoms with Gasteiger partial charge in [0.2, 0.25) is 27.6 Å². The second-order valence-corrected chi connectivity index (χ2v) is 23.9. The topological polar surface area (TPSA) is 557 Å². The Morgan fingerprint density at radius 2 is 1.11 bits per heavy atom. The molecule has 4 aliphatic heterocycles. The molecule has 5 amide bonds. The van der Waals surface area contributed by atoms with Gasteiger partial charge in [-0.3, -0.25) is 48.2 Å². The Labute approximate surface area is 548 Å². The van der Waals surface area contributed by atoms with E-state index in [1.807, 2.05) is 0 Å². The summed E-state index contributed by atoms with van der Waals surface area (Å²) in [6.45, 7) is -1.00. The number of phenols is 4. The zero-order chi connectivity index (χ0) is 70.5. The SMILES string of the molecule is CO[C@@]1(NC(=O)C(N)c2ccc(O)cc2)C(=O)N2C(C(=O)O)=C(CSc3nnnn3CC(=O)O)CS[C@H]21.CO[C@@]1(NC(=O)C(NC(=O)c2coc3cc(O)c(O)cc3c2=O)c2ccc(O)cc2)C(=O)N2C(C(=O)O)=C(CSc3nnnn3CC(=O)O)CS[C@H]21.O=C(O)C(F)(F)F. The second kappa shape index (κ2) is 29.0. The molecule has 508 valence electrons. The van der Waals surface area contributed by atoms with Gasteiger partial charge in [-0.15, -0.1) is 33.7 Å². The predicted molar refractivity (Wildman–Crippen MR) is 316 cm³/mol. The van der Waals surface area contributed by atoms with Gasteiger partial charge in [0.1, 0.15) is 76.2 Å². The molecule has 96 heavy (non-hydrogen) atoms. The Bertz CT molecular complexity index is 4250. The quantitative estimate of drug-likeness (QED) is 0.0177. The molecule has 2 fully saturated rings. The number of carboxylic acids is 5. The van der Waals surface area contributed by atoms with Crippen LogP contribution in [0.15, 0.2) is 109 Å². The van der Waals surface area contributed by atoms with Crippen LogP contribution in [0.1, 0.15) is 33.6 Å². The number of carboxylic acid groups (broad SMARTS) is 5. The van der Waals surface area contributed by atoms with Gasteiger partial charge in [0.15, 0.2) is 11.5 Å². The number of aromatic hydroxyl groups is 4. The van der Waals surface area contributed by atoms with Gasteiger partial charge in [0.05, 0.1) is 5.39 Å². The number of nitrogens with zero attached hydrogens (tertiary/aromatic N) is 10. The number of nitrogens with two attached hydrogens (primary N) is 1. The molecule has 2 unspecified atom stereocenters. The summed E-state index contributed by atoms with van der Waals surface area (Å²) in [5.74, 6) is -13.6. The Morgan fingerprint density at radius 1 is 0.688 bits per heavy atom. The van der Waals surface area contributed by atoms with Crippen LogP contribution < -0.4 is 27.1 Å². The standard InChI is InChI=1S/C30H25N7O13S2.C20H21N7O8S2.C2HF3O2/c1-49-30(27(48)37-22(26(46)47)13(10-51-28(30)37)11-52-29-33-34-35-36(29)8-20(41)42)32-25(45)21(12-2-4-14(38)5-3-12)31-24(44)16-9-50-19-7-18(40)17(39)6-15(19)23(16)43;1-35-20(22-15(31)13(21)9-2-4-11(28)5-3-9)17(34)27-14(16(32)33)10(7-36-18(20)27)8-37-19-23-24-25-26(19)6-12(29)30;3-2(4,5)1(6)7/h2-7,9,21,28,38-40H,8,10-11H2,1H3,(H,31,44)(H,32,45)(H,41,42)(H,46,47);2-5,13,18,28H,6-8,21H2,1H3,(H,22,31)(H,29,30)(H,32,33);(H,6,7)/t21?,28-,30-;13?,18-,20-;/m00./s1. The molecule has 0 spiro atoms. The number of β-lactam (4-membered cyclic amide) rings is 2. The van der Waals surface area contributed by atoms with E-state index in [4.69, 9.17) is 39.7 Å². The molecule has 6 aromatic rings. The van der Waals surface area contributed by atoms with Gasteiger partial charge >= 0.3 is 36.0 Å². The zero-order valence-corrected chi connectivity index (χ0v) is 51.7. The van der Waals surface area contributed by atoms with Crippen LogP contribution in [0, 0.1) is 0 Å². The first-order valence-electron chi connectivity index (χ1n) is 26.5. The van der Waals surface area contributed by atoms with E-state index in [9.17, 15) is 91.8 Å². The lowest BCUT2D eigenvalue weighted by molar-refractivity contribution is -0.192. The van der Waals surface area contributed by atoms with Crippen LogP contribution in [-0.4, -0.2) is 221 Å². The number of ether oxygens (including phenoxy) is 2. The molecule has 0 saturated carbocycles. The number of fused-ring (bicyclic) bond motifs is 3. The van der Waals surface area contributed by atoms with E-state index in [1.54, 1.807) is 0 Å². The van der Waals surface area contributed by atoms with Crippen molar-refractivity contribution in [2.45, 2.75) is 63.9 Å². The Hall–Kier alpha value is -10.5. The molecule has 3 aromatic carbocycles. The highest BCUT2D eigenvalue weighted by molar-refractivity contribution is 8.01. The molecule has 0 bridgehead atoms. The van der Waals surface area contributed by atoms with Crippen LogP contribution in [0.2, 0.25) is 0 Å². The number of carbonyl (C=O) groups is 10. The highest BCUT2D eigenvalue weighted by Crippen LogP contribution is 2.49. The number of hydrogen-bond donors (Lipinski definition) is 13. The van der Waals surface area contributed by atoms with E-state index in [0.717, 1.165) is 80.0 Å². The minimum atomic E-state index is -5.08. The summed E-state index contributed by atoms with van der Waals surface area (Å²) >= 11 is 4.23. The molecule has 4 aliphatic rings. The van der Waals surface area contributed by atoms with Gasteiger partial charge in [-0.05, 0) is 73.5 Å². The van der Waals surface area contributed by atoms with Crippen molar-refractivity contribution in [1.29, 1.82) is 0 Å². The third kappa shape index (κ3) is 14.7. The maximum absolute atomic E-state index is 14.0. The van der Waals surface area contributed by atoms with Crippen LogP contribution in [-0.2, 0) is 65.7 Å². The third-order valence-electron chi connectivity index (χ3n) is 13.9. The molecule has 10 rings (SSSR count). The number of carbonyl (C=O) groups excluding carboxylic acids is 5. The molecule has 37 nitrogen and oxygen atoms in total. The number of aromatic nitrogens is 8. The van der Waals surface area contributed by atoms with Gasteiger partial charge in [-0.1, -0.05) is 47.8 Å². The third-order valence-corrected chi connectivity index (χ3v) is 18.7. The summed E-state index contributed by atoms with van der Waals surface area (Å²) in [4.78, 5) is 138. The number of benzene rings is 3. The van der Waals surface area contributed by atoms with Gasteiger partial charge in [0.25, 0.3) is 29.2 Å². The van der Waals surface area contributed by atoms with Crippen molar-refractivity contribution >= 4 is 117 Å². The van der Waals surface area contributed by atoms with E-state index in [1.165, 1.54) is 67.4 Å². The lowest BCUT2D eigenvalue weighted by atomic mass is 9.96. The first-order valence-corrected chi connectivity index (χ1v) is 30.5. The molecule has 2 saturated heterocycles. The number of hydrogen-bond acceptors (Lipinski definition) is 29. The van der Waals surface area contributed by atoms with E-state index in [2.05, 4.69) is 47.0 Å². The van der Waals surface area contributed by atoms with Crippen molar-refractivity contribution < 1.29 is 121 Å². The molecule has 7 heterocycles. The number of amides is 5. The molecular weight excluding hydrogens is 1370 g/mol. The lowest BCUT2D eigenvalue weighted by Gasteiger charge is -2.56. The largest absolute Gasteiger partial charge is 0.508 e. The monoisotopic (exact) mass is 1420 g/mol. The van der Waals surface area contributed by atoms with Crippen molar-refractivity contribution in [1.82, 2.24) is 66.2 Å². The summed E-state index contributed by atoms with van der Waals surface area (Å²) in [6.07, 6.45) is -4.28. The van der Waals surface area contributed by atoms with Crippen LogP contribution in [0.5, 0.6) is 23.0 Å². The fourth-order valence-corrected chi connectivity index (χ4v) is 14.2. The fraction of sp³-hybridized carbons (Fsp3) is 0.288. The average molecular weight is 1420 g/mol. The van der Waals surface area contributed by atoms with E-state index in [-0.39, 0.29) is 78.3 Å². The molecule has 0 radical (unpaired) electrons. The number of rotatable bonds is 22. The number of phenolic OH excluding ortho intramolecular Hbond substituents is 4. The molecule has 14 N–H and O–H groups in total. The van der Waals surface area contributed by atoms with Crippen LogP contribution in [0.4, 0.5) is 13.2 Å². The number of thioether (sulfide) groups is 4. The van der Waals surface area contributed by atoms with Gasteiger partial charge in [0, 0.05) is 43.3 Å². The first-order chi connectivity index (χ1) is 45.3. The highest BCUT2D eigenvalue weighted by Gasteiger charge is 2.68. The summed E-state index contributed by atoms with van der Waals surface area (Å²) in [5, 5.41) is 111. The summed E-state index contributed by atoms with van der Waals surface area (Å²) in [5.41, 5.74) is 0.950. The predicted octanol–water partition coefficient (Wildman–Crippen LogP) is -0.442. The highest BCUT2D eigenvalue weighted by atomic mass is 32.2. The number of alkyl halides is 3. The zero-order valence-electron chi connectivity index (χ0n) is 48.5. The fourth-order valence-electron chi connectivity index (χ4n) is 9.30. The smallest absolute Gasteiger partial charge is 0.490 e. The molecule has 44 heteroatoms. The number of aliphatic carboxylic acids is 5. The van der Waals surface area contributed by atoms with Crippen LogP contribution >= 0.6 is 47.0 Å². The number of methoxy groups -OCH3 is 2. The summed E-state index contributed by atoms with van der Waals surface area (Å²) < 4.78 is 50.1. The van der Waals surface area contributed by atoms with Crippen molar-refractivity contribution in [2.75, 3.05) is 37.2 Å². The molecule has 6 atom stereocenters. The van der Waals surface area contributed by atoms with Crippen molar-refractivity contribution in [3.8, 4) is 23.0 Å². The Balaban J connectivity index is 0.000000234. The maximum Gasteiger partial charge on any atom is 0.490 e. The minimum absolute atomic E-state index is 0.00604. The molecule has 3 aromatic heterocycles. The van der Waals surface area contributed by atoms with E-state index >= 15 is 0 Å². The molecule has 0 aliphatic carbocycles. The Morgan fingerprint density at radius 3 is 1.53 bits per heavy atom. The van der Waals surface area contributed by atoms with E-state index < -0.39 is 135 Å². The van der Waals surface area contributed by atoms with Gasteiger partial charge < -0.3 is 81.5 Å². The minimum Gasteiger partial charge on any atom is -0.508 e. The van der Waals surface area contributed by atoms with Crippen molar-refractivity contribution in [3.63, 3.8) is 0 Å². The number of tetrazole rings is 2. The number of halogens is 3. The second-order valence-electron chi connectivity index (χ2n) is 19.8. The van der Waals surface area contributed by atoms with Gasteiger partial charge in [-0.2, -0.15) is 13.2 Å². The normalized spacial score (nSPS) is 19.4.